The van der Waals surface area contributed by atoms with Crippen LogP contribution in [0.1, 0.15) is 18.1 Å². The van der Waals surface area contributed by atoms with E-state index >= 15 is 0 Å². The number of H-pyrrole nitrogens is 1. The van der Waals surface area contributed by atoms with Crippen molar-refractivity contribution in [3.05, 3.63) is 33.7 Å². The van der Waals surface area contributed by atoms with Gasteiger partial charge in [-0.05, 0) is 24.6 Å². The summed E-state index contributed by atoms with van der Waals surface area (Å²) < 4.78 is 39.9. The Morgan fingerprint density at radius 1 is 1.37 bits per heavy atom. The molecule has 1 aliphatic rings. The average molecular weight is 271 g/mol. The summed E-state index contributed by atoms with van der Waals surface area (Å²) in [5.41, 5.74) is 0.193. The highest BCUT2D eigenvalue weighted by atomic mass is 19.4. The zero-order valence-electron chi connectivity index (χ0n) is 10.1. The first kappa shape index (κ1) is 12.3. The van der Waals surface area contributed by atoms with Gasteiger partial charge in [0.05, 0.1) is 16.6 Å². The number of halogens is 3. The van der Waals surface area contributed by atoms with Crippen LogP contribution in [0.2, 0.25) is 0 Å². The lowest BCUT2D eigenvalue weighted by Gasteiger charge is -2.10. The maximum atomic E-state index is 12.8. The van der Waals surface area contributed by atoms with E-state index in [0.29, 0.717) is 24.2 Å². The van der Waals surface area contributed by atoms with E-state index in [1.807, 2.05) is 6.92 Å². The van der Waals surface area contributed by atoms with E-state index in [1.54, 1.807) is 0 Å². The molecule has 0 saturated heterocycles. The van der Waals surface area contributed by atoms with Gasteiger partial charge >= 0.3 is 11.9 Å². The van der Waals surface area contributed by atoms with E-state index in [2.05, 4.69) is 10.3 Å². The van der Waals surface area contributed by atoms with E-state index < -0.39 is 11.7 Å². The first-order valence-corrected chi connectivity index (χ1v) is 5.92. The van der Waals surface area contributed by atoms with Crippen molar-refractivity contribution in [3.8, 4) is 0 Å². The Morgan fingerprint density at radius 3 is 2.79 bits per heavy atom. The molecule has 7 heteroatoms. The molecule has 1 atom stereocenters. The highest BCUT2D eigenvalue weighted by Crippen LogP contribution is 2.33. The van der Waals surface area contributed by atoms with Crippen molar-refractivity contribution in [1.29, 1.82) is 0 Å². The van der Waals surface area contributed by atoms with Gasteiger partial charge in [-0.15, -0.1) is 0 Å². The lowest BCUT2D eigenvalue weighted by atomic mass is 10.1. The van der Waals surface area contributed by atoms with Crippen LogP contribution in [0.5, 0.6) is 0 Å². The number of imidazole rings is 1. The fraction of sp³-hybridized carbons (Fsp3) is 0.417. The van der Waals surface area contributed by atoms with Crippen molar-refractivity contribution in [2.24, 2.45) is 0 Å². The van der Waals surface area contributed by atoms with Crippen LogP contribution >= 0.6 is 0 Å². The molecule has 3 rings (SSSR count). The summed E-state index contributed by atoms with van der Waals surface area (Å²) in [7, 11) is 0. The van der Waals surface area contributed by atoms with Crippen molar-refractivity contribution in [2.45, 2.75) is 32.2 Å². The van der Waals surface area contributed by atoms with Crippen LogP contribution in [0.25, 0.3) is 11.0 Å². The molecule has 0 bridgehead atoms. The zero-order chi connectivity index (χ0) is 13.8. The fourth-order valence-corrected chi connectivity index (χ4v) is 2.49. The van der Waals surface area contributed by atoms with E-state index in [4.69, 9.17) is 0 Å². The zero-order valence-corrected chi connectivity index (χ0v) is 10.1. The molecule has 1 aliphatic heterocycles. The minimum absolute atomic E-state index is 0.0263. The molecule has 1 aromatic carbocycles. The van der Waals surface area contributed by atoms with Crippen LogP contribution in [0.4, 0.5) is 13.2 Å². The number of benzene rings is 1. The molecular formula is C12H12F3N3O. The molecule has 0 amide bonds. The van der Waals surface area contributed by atoms with Gasteiger partial charge in [-0.2, -0.15) is 13.2 Å². The van der Waals surface area contributed by atoms with Gasteiger partial charge < -0.3 is 10.3 Å². The van der Waals surface area contributed by atoms with Gasteiger partial charge in [-0.1, -0.05) is 0 Å². The molecule has 4 nitrogen and oxygen atoms in total. The van der Waals surface area contributed by atoms with Crippen LogP contribution in [-0.4, -0.2) is 15.6 Å². The molecule has 102 valence electrons. The Balaban J connectivity index is 2.32. The second-order valence-corrected chi connectivity index (χ2v) is 4.85. The molecule has 0 aliphatic carbocycles. The molecule has 2 aromatic rings. The quantitative estimate of drug-likeness (QED) is 0.768. The third kappa shape index (κ3) is 1.94. The first-order valence-electron chi connectivity index (χ1n) is 5.92. The van der Waals surface area contributed by atoms with E-state index in [9.17, 15) is 18.0 Å². The summed E-state index contributed by atoms with van der Waals surface area (Å²) in [4.78, 5) is 14.3. The summed E-state index contributed by atoms with van der Waals surface area (Å²) in [6.45, 7) is 2.65. The summed E-state index contributed by atoms with van der Waals surface area (Å²) in [5.74, 6) is 0. The molecule has 0 saturated carbocycles. The molecule has 2 heterocycles. The van der Waals surface area contributed by atoms with Gasteiger partial charge in [-0.25, -0.2) is 4.79 Å². The molecule has 0 fully saturated rings. The molecule has 0 radical (unpaired) electrons. The number of aromatic amines is 1. The van der Waals surface area contributed by atoms with E-state index in [-0.39, 0.29) is 17.2 Å². The van der Waals surface area contributed by atoms with Gasteiger partial charge in [-0.3, -0.25) is 4.57 Å². The van der Waals surface area contributed by atoms with E-state index in [1.165, 1.54) is 4.57 Å². The average Bonchev–Trinajstić information content (AvgIpc) is 2.52. The monoisotopic (exact) mass is 271 g/mol. The molecule has 19 heavy (non-hydrogen) atoms. The number of nitrogens with one attached hydrogen (secondary N) is 2. The summed E-state index contributed by atoms with van der Waals surface area (Å²) >= 11 is 0. The second-order valence-electron chi connectivity index (χ2n) is 4.85. The topological polar surface area (TPSA) is 49.8 Å². The normalized spacial score (nSPS) is 19.7. The molecule has 0 unspecified atom stereocenters. The summed E-state index contributed by atoms with van der Waals surface area (Å²) in [5, 5.41) is 3.10. The van der Waals surface area contributed by atoms with Crippen molar-refractivity contribution in [1.82, 2.24) is 14.9 Å². The standard InChI is InChI=1S/C12H12F3N3O/c1-6-5-18-10-7(4-16-6)2-8(12(13,14)15)3-9(10)17-11(18)19/h2-3,6,16H,4-5H2,1H3,(H,17,19)/t6-/m0/s1. The third-order valence-electron chi connectivity index (χ3n) is 3.37. The second kappa shape index (κ2) is 3.86. The van der Waals surface area contributed by atoms with Crippen molar-refractivity contribution in [2.75, 3.05) is 0 Å². The SMILES string of the molecule is C[C@H]1Cn2c(=O)[nH]c3cc(C(F)(F)F)cc(c32)CN1. The maximum absolute atomic E-state index is 12.8. The van der Waals surface area contributed by atoms with Crippen LogP contribution in [0, 0.1) is 0 Å². The fourth-order valence-electron chi connectivity index (χ4n) is 2.49. The number of hydrogen-bond donors (Lipinski definition) is 2. The number of alkyl halides is 3. The van der Waals surface area contributed by atoms with Crippen molar-refractivity contribution in [3.63, 3.8) is 0 Å². The van der Waals surface area contributed by atoms with Crippen LogP contribution in [0.3, 0.4) is 0 Å². The lowest BCUT2D eigenvalue weighted by molar-refractivity contribution is -0.137. The van der Waals surface area contributed by atoms with Crippen molar-refractivity contribution >= 4 is 11.0 Å². The van der Waals surface area contributed by atoms with Gasteiger partial charge in [0.2, 0.25) is 0 Å². The Bertz CT molecular complexity index is 699. The van der Waals surface area contributed by atoms with Crippen LogP contribution in [0.15, 0.2) is 16.9 Å². The van der Waals surface area contributed by atoms with Crippen molar-refractivity contribution < 1.29 is 13.2 Å². The summed E-state index contributed by atoms with van der Waals surface area (Å²) in [6.07, 6.45) is -4.42. The molecule has 2 N–H and O–H groups in total. The maximum Gasteiger partial charge on any atom is 0.416 e. The van der Waals surface area contributed by atoms with Gasteiger partial charge in [0.15, 0.2) is 0 Å². The predicted molar refractivity (Wildman–Crippen MR) is 63.9 cm³/mol. The van der Waals surface area contributed by atoms with Crippen LogP contribution < -0.4 is 11.0 Å². The third-order valence-corrected chi connectivity index (χ3v) is 3.37. The van der Waals surface area contributed by atoms with Gasteiger partial charge in [0.1, 0.15) is 0 Å². The first-order chi connectivity index (χ1) is 8.86. The van der Waals surface area contributed by atoms with Gasteiger partial charge in [0.25, 0.3) is 0 Å². The smallest absolute Gasteiger partial charge is 0.308 e. The Kier molecular flexibility index (Phi) is 2.50. The highest BCUT2D eigenvalue weighted by molar-refractivity contribution is 5.80. The number of rotatable bonds is 0. The minimum atomic E-state index is -4.42. The van der Waals surface area contributed by atoms with Crippen LogP contribution in [-0.2, 0) is 19.3 Å². The van der Waals surface area contributed by atoms with Gasteiger partial charge in [0, 0.05) is 19.1 Å². The predicted octanol–water partition coefficient (Wildman–Crippen LogP) is 1.84. The number of hydrogen-bond acceptors (Lipinski definition) is 2. The highest BCUT2D eigenvalue weighted by Gasteiger charge is 2.32. The Hall–Kier alpha value is -1.76. The molecule has 1 aromatic heterocycles. The lowest BCUT2D eigenvalue weighted by Crippen LogP contribution is -2.30. The minimum Gasteiger partial charge on any atom is -0.308 e. The largest absolute Gasteiger partial charge is 0.416 e. The molecular weight excluding hydrogens is 259 g/mol. The van der Waals surface area contributed by atoms with E-state index in [0.717, 1.165) is 12.1 Å². The number of nitrogens with zero attached hydrogens (tertiary/aromatic N) is 1. The molecule has 0 spiro atoms. The number of aromatic nitrogens is 2. The summed E-state index contributed by atoms with van der Waals surface area (Å²) in [6, 6.07) is 2.13. The Morgan fingerprint density at radius 2 is 2.11 bits per heavy atom. The Labute approximate surface area is 106 Å².